The largest absolute Gasteiger partial charge is 0.368 e. The van der Waals surface area contributed by atoms with Crippen molar-refractivity contribution in [3.8, 4) is 0 Å². The summed E-state index contributed by atoms with van der Waals surface area (Å²) in [6, 6.07) is 0.456. The second kappa shape index (κ2) is 7.14. The molecule has 0 fully saturated rings. The molecule has 1 atom stereocenters. The molecule has 1 N–H and O–H groups in total. The van der Waals surface area contributed by atoms with Gasteiger partial charge in [-0.25, -0.2) is 9.97 Å². The summed E-state index contributed by atoms with van der Waals surface area (Å²) in [5, 5.41) is 3.43. The van der Waals surface area contributed by atoms with Crippen LogP contribution in [0.5, 0.6) is 0 Å². The molecule has 0 spiro atoms. The van der Waals surface area contributed by atoms with Gasteiger partial charge in [0.15, 0.2) is 5.82 Å². The third-order valence-corrected chi connectivity index (χ3v) is 3.72. The number of hydrogen-bond acceptors (Lipinski definition) is 4. The molecule has 0 aliphatic heterocycles. The second-order valence-corrected chi connectivity index (χ2v) is 5.75. The lowest BCUT2D eigenvalue weighted by molar-refractivity contribution is -0.0393. The fourth-order valence-electron chi connectivity index (χ4n) is 2.18. The lowest BCUT2D eigenvalue weighted by Gasteiger charge is -2.27. The smallest absolute Gasteiger partial charge is 0.160 e. The van der Waals surface area contributed by atoms with Gasteiger partial charge in [0.25, 0.3) is 0 Å². The predicted octanol–water partition coefficient (Wildman–Crippen LogP) is 3.25. The maximum absolute atomic E-state index is 5.87. The summed E-state index contributed by atoms with van der Waals surface area (Å²) in [5.74, 6) is 0.796. The molecule has 0 aliphatic carbocycles. The monoisotopic (exact) mass is 279 g/mol. The van der Waals surface area contributed by atoms with Gasteiger partial charge in [-0.3, -0.25) is 0 Å². The number of aryl methyl sites for hydroxylation is 2. The van der Waals surface area contributed by atoms with Crippen LogP contribution in [0.3, 0.4) is 0 Å². The van der Waals surface area contributed by atoms with Gasteiger partial charge in [0.1, 0.15) is 5.60 Å². The molecule has 20 heavy (non-hydrogen) atoms. The van der Waals surface area contributed by atoms with Gasteiger partial charge in [-0.2, -0.15) is 0 Å². The van der Waals surface area contributed by atoms with Crippen molar-refractivity contribution >= 4 is 0 Å². The van der Waals surface area contributed by atoms with Gasteiger partial charge in [-0.1, -0.05) is 20.8 Å². The lowest BCUT2D eigenvalue weighted by atomic mass is 10.0. The zero-order valence-corrected chi connectivity index (χ0v) is 14.0. The van der Waals surface area contributed by atoms with E-state index in [1.807, 2.05) is 6.92 Å². The van der Waals surface area contributed by atoms with Crippen LogP contribution in [-0.4, -0.2) is 22.6 Å². The van der Waals surface area contributed by atoms with Crippen molar-refractivity contribution in [1.29, 1.82) is 0 Å². The van der Waals surface area contributed by atoms with Crippen molar-refractivity contribution in [2.24, 2.45) is 0 Å². The standard InChI is InChI=1S/C16H29N3O/c1-8-16(7,20-9-2)15-18-12(5)14(13(6)19-15)10-17-11(3)4/h11,17H,8-10H2,1-7H3. The van der Waals surface area contributed by atoms with Gasteiger partial charge < -0.3 is 10.1 Å². The lowest BCUT2D eigenvalue weighted by Crippen LogP contribution is -2.30. The van der Waals surface area contributed by atoms with E-state index in [1.54, 1.807) is 0 Å². The van der Waals surface area contributed by atoms with E-state index in [4.69, 9.17) is 14.7 Å². The first-order valence-electron chi connectivity index (χ1n) is 7.56. The quantitative estimate of drug-likeness (QED) is 0.832. The van der Waals surface area contributed by atoms with Crippen LogP contribution in [-0.2, 0) is 16.9 Å². The third-order valence-electron chi connectivity index (χ3n) is 3.72. The number of ether oxygens (including phenoxy) is 1. The normalized spacial score (nSPS) is 14.6. The Morgan fingerprint density at radius 1 is 1.15 bits per heavy atom. The van der Waals surface area contributed by atoms with Gasteiger partial charge in [0, 0.05) is 36.1 Å². The molecule has 114 valence electrons. The Bertz CT molecular complexity index is 422. The van der Waals surface area contributed by atoms with Crippen molar-refractivity contribution in [2.45, 2.75) is 73.1 Å². The minimum atomic E-state index is -0.395. The van der Waals surface area contributed by atoms with Crippen LogP contribution < -0.4 is 5.32 Å². The molecule has 1 aromatic heterocycles. The van der Waals surface area contributed by atoms with Crippen LogP contribution in [0.1, 0.15) is 63.8 Å². The molecule has 1 unspecified atom stereocenters. The number of nitrogens with one attached hydrogen (secondary N) is 1. The topological polar surface area (TPSA) is 47.0 Å². The maximum atomic E-state index is 5.87. The Morgan fingerprint density at radius 3 is 2.10 bits per heavy atom. The number of hydrogen-bond donors (Lipinski definition) is 1. The first kappa shape index (κ1) is 17.1. The summed E-state index contributed by atoms with van der Waals surface area (Å²) in [6.07, 6.45) is 0.864. The van der Waals surface area contributed by atoms with Gasteiger partial charge >= 0.3 is 0 Å². The molecular formula is C16H29N3O. The highest BCUT2D eigenvalue weighted by Crippen LogP contribution is 2.27. The zero-order chi connectivity index (χ0) is 15.3. The zero-order valence-electron chi connectivity index (χ0n) is 14.0. The predicted molar refractivity (Wildman–Crippen MR) is 82.8 cm³/mol. The molecule has 0 saturated heterocycles. The summed E-state index contributed by atoms with van der Waals surface area (Å²) >= 11 is 0. The summed E-state index contributed by atoms with van der Waals surface area (Å²) in [6.45, 7) is 16.1. The van der Waals surface area contributed by atoms with E-state index in [1.165, 1.54) is 5.56 Å². The van der Waals surface area contributed by atoms with Crippen LogP contribution in [0.2, 0.25) is 0 Å². The number of nitrogens with zero attached hydrogens (tertiary/aromatic N) is 2. The molecule has 0 bridgehead atoms. The van der Waals surface area contributed by atoms with Crippen LogP contribution in [0.25, 0.3) is 0 Å². The molecule has 1 heterocycles. The van der Waals surface area contributed by atoms with E-state index in [0.29, 0.717) is 12.6 Å². The Kier molecular flexibility index (Phi) is 6.08. The van der Waals surface area contributed by atoms with Gasteiger partial charge in [-0.05, 0) is 34.1 Å². The van der Waals surface area contributed by atoms with E-state index >= 15 is 0 Å². The third kappa shape index (κ3) is 4.00. The Morgan fingerprint density at radius 2 is 1.70 bits per heavy atom. The van der Waals surface area contributed by atoms with E-state index in [0.717, 1.165) is 30.2 Å². The van der Waals surface area contributed by atoms with Crippen LogP contribution in [0.4, 0.5) is 0 Å². The number of rotatable bonds is 7. The first-order valence-corrected chi connectivity index (χ1v) is 7.56. The Balaban J connectivity index is 3.09. The Labute approximate surface area is 123 Å². The average Bonchev–Trinajstić information content (AvgIpc) is 2.37. The highest BCUT2D eigenvalue weighted by molar-refractivity contribution is 5.25. The molecule has 1 rings (SSSR count). The van der Waals surface area contributed by atoms with Crippen LogP contribution in [0, 0.1) is 13.8 Å². The molecule has 0 radical (unpaired) electrons. The summed E-state index contributed by atoms with van der Waals surface area (Å²) < 4.78 is 5.87. The first-order chi connectivity index (χ1) is 9.34. The average molecular weight is 279 g/mol. The van der Waals surface area contributed by atoms with Crippen molar-refractivity contribution in [3.05, 3.63) is 22.8 Å². The minimum absolute atomic E-state index is 0.395. The van der Waals surface area contributed by atoms with Crippen molar-refractivity contribution in [1.82, 2.24) is 15.3 Å². The summed E-state index contributed by atoms with van der Waals surface area (Å²) in [7, 11) is 0. The molecule has 4 heteroatoms. The number of aromatic nitrogens is 2. The summed E-state index contributed by atoms with van der Waals surface area (Å²) in [5.41, 5.74) is 2.88. The molecule has 0 saturated carbocycles. The second-order valence-electron chi connectivity index (χ2n) is 5.75. The fraction of sp³-hybridized carbons (Fsp3) is 0.750. The van der Waals surface area contributed by atoms with Gasteiger partial charge in [0.2, 0.25) is 0 Å². The van der Waals surface area contributed by atoms with Crippen molar-refractivity contribution in [3.63, 3.8) is 0 Å². The van der Waals surface area contributed by atoms with E-state index in [2.05, 4.69) is 46.9 Å². The molecule has 4 nitrogen and oxygen atoms in total. The van der Waals surface area contributed by atoms with E-state index in [-0.39, 0.29) is 0 Å². The Hall–Kier alpha value is -1.00. The molecule has 1 aromatic rings. The van der Waals surface area contributed by atoms with E-state index < -0.39 is 5.60 Å². The van der Waals surface area contributed by atoms with Gasteiger partial charge in [0.05, 0.1) is 0 Å². The van der Waals surface area contributed by atoms with Crippen LogP contribution in [0.15, 0.2) is 0 Å². The SMILES string of the molecule is CCOC(C)(CC)c1nc(C)c(CNC(C)C)c(C)n1. The highest BCUT2D eigenvalue weighted by atomic mass is 16.5. The molecule has 0 aliphatic rings. The van der Waals surface area contributed by atoms with Crippen LogP contribution >= 0.6 is 0 Å². The summed E-state index contributed by atoms with van der Waals surface area (Å²) in [4.78, 5) is 9.39. The van der Waals surface area contributed by atoms with Crippen molar-refractivity contribution in [2.75, 3.05) is 6.61 Å². The fourth-order valence-corrected chi connectivity index (χ4v) is 2.18. The molecule has 0 aromatic carbocycles. The van der Waals surface area contributed by atoms with E-state index in [9.17, 15) is 0 Å². The highest BCUT2D eigenvalue weighted by Gasteiger charge is 2.29. The molecule has 0 amide bonds. The maximum Gasteiger partial charge on any atom is 0.160 e. The van der Waals surface area contributed by atoms with Gasteiger partial charge in [-0.15, -0.1) is 0 Å². The minimum Gasteiger partial charge on any atom is -0.368 e. The van der Waals surface area contributed by atoms with Crippen molar-refractivity contribution < 1.29 is 4.74 Å². The molecular weight excluding hydrogens is 250 g/mol.